The predicted molar refractivity (Wildman–Crippen MR) is 114 cm³/mol. The van der Waals surface area contributed by atoms with Gasteiger partial charge in [-0.15, -0.1) is 13.2 Å². The molecule has 0 fully saturated rings. The Kier molecular flexibility index (Phi) is 18.3. The summed E-state index contributed by atoms with van der Waals surface area (Å²) in [4.78, 5) is 23.9. The van der Waals surface area contributed by atoms with Crippen molar-refractivity contribution >= 4 is 11.9 Å². The minimum Gasteiger partial charge on any atom is -0.456 e. The maximum absolute atomic E-state index is 12.0. The van der Waals surface area contributed by atoms with Crippen molar-refractivity contribution in [2.75, 3.05) is 6.54 Å². The summed E-state index contributed by atoms with van der Waals surface area (Å²) in [5, 5.41) is 2.84. The van der Waals surface area contributed by atoms with Crippen molar-refractivity contribution in [1.29, 1.82) is 0 Å². The molecule has 152 valence electrons. The van der Waals surface area contributed by atoms with Crippen LogP contribution < -0.4 is 5.32 Å². The normalized spacial score (nSPS) is 11.3. The van der Waals surface area contributed by atoms with E-state index in [1.807, 2.05) is 65.0 Å². The van der Waals surface area contributed by atoms with E-state index in [0.717, 1.165) is 5.56 Å². The third kappa shape index (κ3) is 12.6. The number of benzene rings is 1. The molecule has 1 N–H and O–H groups in total. The molecule has 27 heavy (non-hydrogen) atoms. The third-order valence-corrected chi connectivity index (χ3v) is 3.43. The van der Waals surface area contributed by atoms with Crippen molar-refractivity contribution in [3.8, 4) is 0 Å². The maximum Gasteiger partial charge on any atom is 0.306 e. The predicted octanol–water partition coefficient (Wildman–Crippen LogP) is 5.62. The molecule has 0 aromatic heterocycles. The summed E-state index contributed by atoms with van der Waals surface area (Å²) in [7, 11) is 0. The first kappa shape index (κ1) is 26.9. The van der Waals surface area contributed by atoms with E-state index in [2.05, 4.69) is 18.5 Å². The van der Waals surface area contributed by atoms with Crippen LogP contribution in [0.4, 0.5) is 0 Å². The Bertz CT molecular complexity index is 526. The molecule has 0 spiro atoms. The van der Waals surface area contributed by atoms with Crippen LogP contribution in [0.3, 0.4) is 0 Å². The fourth-order valence-corrected chi connectivity index (χ4v) is 2.06. The Morgan fingerprint density at radius 1 is 1.07 bits per heavy atom. The Morgan fingerprint density at radius 2 is 1.67 bits per heavy atom. The van der Waals surface area contributed by atoms with Crippen molar-refractivity contribution in [1.82, 2.24) is 5.32 Å². The molecule has 0 heterocycles. The lowest BCUT2D eigenvalue weighted by atomic mass is 10.1. The first-order valence-electron chi connectivity index (χ1n) is 9.82. The van der Waals surface area contributed by atoms with Gasteiger partial charge in [0.2, 0.25) is 5.91 Å². The molecule has 1 rings (SSSR count). The molecule has 0 aliphatic heterocycles. The molecule has 0 saturated carbocycles. The third-order valence-electron chi connectivity index (χ3n) is 3.43. The Morgan fingerprint density at radius 3 is 2.19 bits per heavy atom. The van der Waals surface area contributed by atoms with Gasteiger partial charge in [0.25, 0.3) is 0 Å². The lowest BCUT2D eigenvalue weighted by molar-refractivity contribution is -0.150. The molecule has 0 radical (unpaired) electrons. The van der Waals surface area contributed by atoms with Gasteiger partial charge in [0, 0.05) is 12.3 Å². The molecule has 0 aliphatic rings. The van der Waals surface area contributed by atoms with E-state index in [0.29, 0.717) is 12.8 Å². The smallest absolute Gasteiger partial charge is 0.306 e. The van der Waals surface area contributed by atoms with Crippen molar-refractivity contribution in [2.45, 2.75) is 60.0 Å². The van der Waals surface area contributed by atoms with Crippen LogP contribution in [0, 0.1) is 5.92 Å². The number of nitrogens with one attached hydrogen (secondary N) is 1. The van der Waals surface area contributed by atoms with Gasteiger partial charge in [-0.3, -0.25) is 9.59 Å². The summed E-state index contributed by atoms with van der Waals surface area (Å²) < 4.78 is 5.51. The van der Waals surface area contributed by atoms with Gasteiger partial charge in [-0.1, -0.05) is 77.1 Å². The average Bonchev–Trinajstić information content (AvgIpc) is 2.73. The van der Waals surface area contributed by atoms with E-state index in [-0.39, 0.29) is 30.8 Å². The standard InChI is InChI=1S/C19H25NO3.2C2H6/c1-4-6-13-18(21)23-17(16-11-8-7-9-12-16)14-20-19(22)15(3)10-5-2;2*1-2/h4-5,7-9,11-12,15,17H,1-2,6,10,13-14H2,3H3,(H,20,22);2*1-2H3. The van der Waals surface area contributed by atoms with Crippen LogP contribution >= 0.6 is 0 Å². The summed E-state index contributed by atoms with van der Waals surface area (Å²) in [6, 6.07) is 9.41. The molecule has 1 amide bonds. The summed E-state index contributed by atoms with van der Waals surface area (Å²) in [5.41, 5.74) is 0.858. The van der Waals surface area contributed by atoms with Crippen LogP contribution in [0.5, 0.6) is 0 Å². The minimum absolute atomic E-state index is 0.0760. The van der Waals surface area contributed by atoms with Crippen molar-refractivity contribution in [3.63, 3.8) is 0 Å². The Labute approximate surface area is 165 Å². The largest absolute Gasteiger partial charge is 0.456 e. The second-order valence-electron chi connectivity index (χ2n) is 5.39. The van der Waals surface area contributed by atoms with Crippen LogP contribution in [0.1, 0.15) is 65.5 Å². The number of hydrogen-bond donors (Lipinski definition) is 1. The highest BCUT2D eigenvalue weighted by Gasteiger charge is 2.19. The lowest BCUT2D eigenvalue weighted by Gasteiger charge is -2.20. The molecule has 0 saturated heterocycles. The number of amides is 1. The fourth-order valence-electron chi connectivity index (χ4n) is 2.06. The number of esters is 1. The summed E-state index contributed by atoms with van der Waals surface area (Å²) in [6.07, 6.45) is 4.37. The zero-order chi connectivity index (χ0) is 21.1. The van der Waals surface area contributed by atoms with Gasteiger partial charge in [0.05, 0.1) is 6.54 Å². The van der Waals surface area contributed by atoms with E-state index < -0.39 is 6.10 Å². The van der Waals surface area contributed by atoms with E-state index in [4.69, 9.17) is 4.74 Å². The molecular formula is C23H37NO3. The van der Waals surface area contributed by atoms with Crippen LogP contribution in [0.25, 0.3) is 0 Å². The van der Waals surface area contributed by atoms with Gasteiger partial charge in [-0.05, 0) is 18.4 Å². The second-order valence-corrected chi connectivity index (χ2v) is 5.39. The van der Waals surface area contributed by atoms with Crippen molar-refractivity contribution in [3.05, 3.63) is 61.2 Å². The van der Waals surface area contributed by atoms with Gasteiger partial charge in [0.1, 0.15) is 6.10 Å². The number of allylic oxidation sites excluding steroid dienone is 2. The van der Waals surface area contributed by atoms with Gasteiger partial charge < -0.3 is 10.1 Å². The first-order valence-corrected chi connectivity index (χ1v) is 9.82. The number of hydrogen-bond acceptors (Lipinski definition) is 3. The van der Waals surface area contributed by atoms with Crippen LogP contribution in [0.15, 0.2) is 55.6 Å². The SMILES string of the molecule is C=CCCC(=O)OC(CNC(=O)C(C)CC=C)c1ccccc1.CC.CC. The molecule has 2 atom stereocenters. The minimum atomic E-state index is -0.492. The summed E-state index contributed by atoms with van der Waals surface area (Å²) in [6.45, 7) is 17.3. The lowest BCUT2D eigenvalue weighted by Crippen LogP contribution is -2.34. The van der Waals surface area contributed by atoms with Crippen molar-refractivity contribution < 1.29 is 14.3 Å². The van der Waals surface area contributed by atoms with E-state index in [1.54, 1.807) is 12.2 Å². The summed E-state index contributed by atoms with van der Waals surface area (Å²) >= 11 is 0. The second kappa shape index (κ2) is 18.4. The highest BCUT2D eigenvalue weighted by Crippen LogP contribution is 2.18. The maximum atomic E-state index is 12.0. The number of ether oxygens (including phenoxy) is 1. The highest BCUT2D eigenvalue weighted by molar-refractivity contribution is 5.78. The Hall–Kier alpha value is -2.36. The molecule has 0 bridgehead atoms. The molecule has 1 aromatic carbocycles. The fraction of sp³-hybridized carbons (Fsp3) is 0.478. The molecule has 1 aromatic rings. The number of carbonyl (C=O) groups is 2. The van der Waals surface area contributed by atoms with E-state index in [9.17, 15) is 9.59 Å². The van der Waals surface area contributed by atoms with Crippen LogP contribution in [0.2, 0.25) is 0 Å². The molecule has 4 heteroatoms. The molecule has 4 nitrogen and oxygen atoms in total. The van der Waals surface area contributed by atoms with Gasteiger partial charge in [0.15, 0.2) is 0 Å². The van der Waals surface area contributed by atoms with Crippen LogP contribution in [-0.4, -0.2) is 18.4 Å². The Balaban J connectivity index is 0. The molecular weight excluding hydrogens is 338 g/mol. The number of rotatable bonds is 10. The monoisotopic (exact) mass is 375 g/mol. The van der Waals surface area contributed by atoms with Crippen LogP contribution in [-0.2, 0) is 14.3 Å². The molecule has 0 aliphatic carbocycles. The molecule has 2 unspecified atom stereocenters. The summed E-state index contributed by atoms with van der Waals surface area (Å²) in [5.74, 6) is -0.527. The van der Waals surface area contributed by atoms with Gasteiger partial charge >= 0.3 is 5.97 Å². The van der Waals surface area contributed by atoms with E-state index in [1.165, 1.54) is 0 Å². The number of carbonyl (C=O) groups excluding carboxylic acids is 2. The van der Waals surface area contributed by atoms with Gasteiger partial charge in [-0.2, -0.15) is 0 Å². The average molecular weight is 376 g/mol. The zero-order valence-corrected chi connectivity index (χ0v) is 17.7. The van der Waals surface area contributed by atoms with Crippen molar-refractivity contribution in [2.24, 2.45) is 5.92 Å². The quantitative estimate of drug-likeness (QED) is 0.427. The van der Waals surface area contributed by atoms with Gasteiger partial charge in [-0.25, -0.2) is 0 Å². The highest BCUT2D eigenvalue weighted by atomic mass is 16.5. The topological polar surface area (TPSA) is 55.4 Å². The first-order chi connectivity index (χ1) is 13.1. The van der Waals surface area contributed by atoms with E-state index >= 15 is 0 Å². The zero-order valence-electron chi connectivity index (χ0n) is 17.7.